The van der Waals surface area contributed by atoms with E-state index >= 15 is 0 Å². The third kappa shape index (κ3) is 3.47. The van der Waals surface area contributed by atoms with E-state index < -0.39 is 5.54 Å². The minimum absolute atomic E-state index is 0.0657. The highest BCUT2D eigenvalue weighted by molar-refractivity contribution is 5.84. The molecule has 5 heteroatoms. The summed E-state index contributed by atoms with van der Waals surface area (Å²) in [6, 6.07) is 7.56. The average molecular weight is 293 g/mol. The number of rotatable bonds is 5. The highest BCUT2D eigenvalue weighted by Gasteiger charge is 2.44. The number of esters is 1. The Labute approximate surface area is 125 Å². The highest BCUT2D eigenvalue weighted by atomic mass is 16.5. The summed E-state index contributed by atoms with van der Waals surface area (Å²) in [5.74, 6) is 0.506. The van der Waals surface area contributed by atoms with Crippen LogP contribution >= 0.6 is 0 Å². The Kier molecular flexibility index (Phi) is 5.07. The molecule has 1 aromatic rings. The smallest absolute Gasteiger partial charge is 0.331 e. The van der Waals surface area contributed by atoms with Gasteiger partial charge in [-0.05, 0) is 18.6 Å². The summed E-state index contributed by atoms with van der Waals surface area (Å²) in [6.07, 6.45) is 2.13. The van der Waals surface area contributed by atoms with Crippen LogP contribution in [-0.2, 0) is 14.3 Å². The third-order valence-electron chi connectivity index (χ3n) is 3.94. The van der Waals surface area contributed by atoms with E-state index in [1.54, 1.807) is 7.11 Å². The Morgan fingerprint density at radius 2 is 2.29 bits per heavy atom. The fourth-order valence-electron chi connectivity index (χ4n) is 2.73. The van der Waals surface area contributed by atoms with Crippen molar-refractivity contribution in [2.24, 2.45) is 0 Å². The van der Waals surface area contributed by atoms with Crippen molar-refractivity contribution in [1.29, 1.82) is 0 Å². The molecule has 1 heterocycles. The van der Waals surface area contributed by atoms with Crippen molar-refractivity contribution in [3.63, 3.8) is 0 Å². The Bertz CT molecular complexity index is 491. The number of carbonyl (C=O) groups excluding carboxylic acids is 1. The first-order valence-corrected chi connectivity index (χ1v) is 7.26. The summed E-state index contributed by atoms with van der Waals surface area (Å²) in [6.45, 7) is 2.61. The van der Waals surface area contributed by atoms with Crippen LogP contribution in [0.1, 0.15) is 26.2 Å². The van der Waals surface area contributed by atoms with Gasteiger partial charge in [0.1, 0.15) is 11.3 Å². The maximum absolute atomic E-state index is 12.3. The zero-order valence-electron chi connectivity index (χ0n) is 12.8. The second-order valence-electron chi connectivity index (χ2n) is 5.29. The Hall–Kier alpha value is -1.75. The lowest BCUT2D eigenvalue weighted by Crippen LogP contribution is -2.53. The molecule has 1 fully saturated rings. The van der Waals surface area contributed by atoms with Crippen molar-refractivity contribution in [3.8, 4) is 5.75 Å². The fraction of sp³-hybridized carbons (Fsp3) is 0.562. The first-order valence-electron chi connectivity index (χ1n) is 7.26. The largest absolute Gasteiger partial charge is 0.497 e. The standard InChI is InChI=1S/C16H23NO4/c1-4-13-11-16(8-9-21-13,15(18)20-3)17-12-6-5-7-14(10-12)19-2/h5-7,10,13,17H,4,8-9,11H2,1-3H3. The van der Waals surface area contributed by atoms with Crippen LogP contribution in [0.15, 0.2) is 24.3 Å². The van der Waals surface area contributed by atoms with Crippen LogP contribution in [0.4, 0.5) is 5.69 Å². The number of nitrogens with one attached hydrogen (secondary N) is 1. The van der Waals surface area contributed by atoms with Crippen LogP contribution in [0.25, 0.3) is 0 Å². The lowest BCUT2D eigenvalue weighted by Gasteiger charge is -2.39. The van der Waals surface area contributed by atoms with Crippen LogP contribution in [0.5, 0.6) is 5.75 Å². The molecule has 0 aliphatic carbocycles. The molecule has 2 rings (SSSR count). The van der Waals surface area contributed by atoms with E-state index in [2.05, 4.69) is 12.2 Å². The molecule has 2 atom stereocenters. The van der Waals surface area contributed by atoms with Gasteiger partial charge in [-0.15, -0.1) is 0 Å². The van der Waals surface area contributed by atoms with Gasteiger partial charge >= 0.3 is 5.97 Å². The maximum atomic E-state index is 12.3. The van der Waals surface area contributed by atoms with E-state index in [0.717, 1.165) is 17.9 Å². The fourth-order valence-corrected chi connectivity index (χ4v) is 2.73. The van der Waals surface area contributed by atoms with Crippen LogP contribution < -0.4 is 10.1 Å². The van der Waals surface area contributed by atoms with Crippen molar-refractivity contribution >= 4 is 11.7 Å². The molecule has 1 aromatic carbocycles. The van der Waals surface area contributed by atoms with Crippen molar-refractivity contribution < 1.29 is 19.0 Å². The van der Waals surface area contributed by atoms with Crippen molar-refractivity contribution in [2.75, 3.05) is 26.1 Å². The zero-order valence-corrected chi connectivity index (χ0v) is 12.8. The van der Waals surface area contributed by atoms with Crippen molar-refractivity contribution in [3.05, 3.63) is 24.3 Å². The van der Waals surface area contributed by atoms with E-state index in [4.69, 9.17) is 14.2 Å². The third-order valence-corrected chi connectivity index (χ3v) is 3.94. The normalized spacial score (nSPS) is 25.2. The lowest BCUT2D eigenvalue weighted by molar-refractivity contribution is -0.151. The van der Waals surface area contributed by atoms with E-state index in [9.17, 15) is 4.79 Å². The molecule has 0 amide bonds. The number of methoxy groups -OCH3 is 2. The van der Waals surface area contributed by atoms with Gasteiger partial charge in [-0.1, -0.05) is 13.0 Å². The van der Waals surface area contributed by atoms with Gasteiger partial charge in [0, 0.05) is 31.2 Å². The number of ether oxygens (including phenoxy) is 3. The summed E-state index contributed by atoms with van der Waals surface area (Å²) in [4.78, 5) is 12.3. The number of hydrogen-bond acceptors (Lipinski definition) is 5. The predicted molar refractivity (Wildman–Crippen MR) is 80.6 cm³/mol. The van der Waals surface area contributed by atoms with Gasteiger partial charge in [-0.25, -0.2) is 4.79 Å². The Balaban J connectivity index is 2.25. The number of benzene rings is 1. The molecule has 1 saturated heterocycles. The molecule has 0 saturated carbocycles. The molecule has 0 aromatic heterocycles. The van der Waals surface area contributed by atoms with E-state index in [1.807, 2.05) is 24.3 Å². The molecule has 0 radical (unpaired) electrons. The summed E-state index contributed by atoms with van der Waals surface area (Å²) >= 11 is 0. The lowest BCUT2D eigenvalue weighted by atomic mass is 9.85. The monoisotopic (exact) mass is 293 g/mol. The quantitative estimate of drug-likeness (QED) is 0.846. The molecule has 1 aliphatic heterocycles. The van der Waals surface area contributed by atoms with Gasteiger partial charge in [0.05, 0.1) is 20.3 Å². The zero-order chi connectivity index (χ0) is 15.3. The van der Waals surface area contributed by atoms with Gasteiger partial charge in [0.15, 0.2) is 0 Å². The molecule has 1 N–H and O–H groups in total. The van der Waals surface area contributed by atoms with Crippen molar-refractivity contribution in [2.45, 2.75) is 37.8 Å². The summed E-state index contributed by atoms with van der Waals surface area (Å²) in [5.41, 5.74) is 0.108. The van der Waals surface area contributed by atoms with Crippen LogP contribution in [-0.4, -0.2) is 38.4 Å². The molecule has 2 unspecified atom stereocenters. The first-order chi connectivity index (χ1) is 10.1. The van der Waals surface area contributed by atoms with Crippen LogP contribution in [0.2, 0.25) is 0 Å². The average Bonchev–Trinajstić information content (AvgIpc) is 2.54. The van der Waals surface area contributed by atoms with Crippen LogP contribution in [0, 0.1) is 0 Å². The van der Waals surface area contributed by atoms with Gasteiger partial charge in [-0.2, -0.15) is 0 Å². The molecule has 1 aliphatic rings. The Morgan fingerprint density at radius 3 is 2.95 bits per heavy atom. The summed E-state index contributed by atoms with van der Waals surface area (Å²) in [7, 11) is 3.05. The first kappa shape index (κ1) is 15.6. The van der Waals surface area contributed by atoms with Gasteiger partial charge < -0.3 is 19.5 Å². The molecule has 116 valence electrons. The molecular formula is C16H23NO4. The molecule has 21 heavy (non-hydrogen) atoms. The van der Waals surface area contributed by atoms with Gasteiger partial charge in [0.25, 0.3) is 0 Å². The SMILES string of the molecule is CCC1CC(Nc2cccc(OC)c2)(C(=O)OC)CCO1. The molecule has 0 spiro atoms. The topological polar surface area (TPSA) is 56.8 Å². The predicted octanol–water partition coefficient (Wildman–Crippen LogP) is 2.61. The second-order valence-corrected chi connectivity index (χ2v) is 5.29. The van der Waals surface area contributed by atoms with Crippen LogP contribution in [0.3, 0.4) is 0 Å². The van der Waals surface area contributed by atoms with Crippen molar-refractivity contribution in [1.82, 2.24) is 0 Å². The minimum atomic E-state index is -0.736. The maximum Gasteiger partial charge on any atom is 0.331 e. The summed E-state index contributed by atoms with van der Waals surface area (Å²) in [5, 5.41) is 3.35. The number of anilines is 1. The second kappa shape index (κ2) is 6.80. The minimum Gasteiger partial charge on any atom is -0.497 e. The number of hydrogen-bond donors (Lipinski definition) is 1. The molecule has 5 nitrogen and oxygen atoms in total. The number of carbonyl (C=O) groups is 1. The summed E-state index contributed by atoms with van der Waals surface area (Å²) < 4.78 is 15.9. The van der Waals surface area contributed by atoms with Gasteiger partial charge in [-0.3, -0.25) is 0 Å². The van der Waals surface area contributed by atoms with E-state index in [-0.39, 0.29) is 12.1 Å². The highest BCUT2D eigenvalue weighted by Crippen LogP contribution is 2.32. The van der Waals surface area contributed by atoms with E-state index in [1.165, 1.54) is 7.11 Å². The molecule has 0 bridgehead atoms. The Morgan fingerprint density at radius 1 is 1.48 bits per heavy atom. The van der Waals surface area contributed by atoms with E-state index in [0.29, 0.717) is 19.4 Å². The molecular weight excluding hydrogens is 270 g/mol. The van der Waals surface area contributed by atoms with Gasteiger partial charge in [0.2, 0.25) is 0 Å².